The smallest absolute Gasteiger partial charge is 0.332 e. The Balaban J connectivity index is 1.74. The van der Waals surface area contributed by atoms with Gasteiger partial charge in [0.25, 0.3) is 5.56 Å². The number of aliphatic imine (C=N–C) groups is 1. The zero-order valence-corrected chi connectivity index (χ0v) is 21.0. The fraction of sp³-hybridized carbons (Fsp3) is 0.435. The van der Waals surface area contributed by atoms with Crippen LogP contribution in [0.15, 0.2) is 37.9 Å². The summed E-state index contributed by atoms with van der Waals surface area (Å²) in [6, 6.07) is 3.95. The molecule has 2 N–H and O–H groups in total. The molecular formula is C23H27Cl2FN6O3. The Labute approximate surface area is 210 Å². The average molecular weight is 525 g/mol. The van der Waals surface area contributed by atoms with Gasteiger partial charge in [-0.2, -0.15) is 4.98 Å². The predicted octanol–water partition coefficient (Wildman–Crippen LogP) is 4.79. The number of nitrogens with one attached hydrogen (secondary N) is 1. The minimum absolute atomic E-state index is 0.0542. The normalized spacial score (nSPS) is 12.6. The number of aromatic nitrogens is 4. The van der Waals surface area contributed by atoms with Gasteiger partial charge in [0.15, 0.2) is 17.0 Å². The molecule has 0 spiro atoms. The van der Waals surface area contributed by atoms with Crippen LogP contribution in [-0.4, -0.2) is 35.9 Å². The van der Waals surface area contributed by atoms with Crippen molar-refractivity contribution < 1.29 is 9.60 Å². The van der Waals surface area contributed by atoms with Gasteiger partial charge in [0.1, 0.15) is 5.82 Å². The van der Waals surface area contributed by atoms with Gasteiger partial charge in [0.05, 0.1) is 0 Å². The van der Waals surface area contributed by atoms with E-state index in [4.69, 9.17) is 23.2 Å². The molecule has 2 aromatic heterocycles. The first-order chi connectivity index (χ1) is 16.7. The second kappa shape index (κ2) is 12.1. The van der Waals surface area contributed by atoms with Gasteiger partial charge in [-0.1, -0.05) is 42.6 Å². The van der Waals surface area contributed by atoms with Crippen LogP contribution in [0.4, 0.5) is 4.39 Å². The van der Waals surface area contributed by atoms with E-state index in [-0.39, 0.29) is 40.3 Å². The fourth-order valence-electron chi connectivity index (χ4n) is 3.76. The van der Waals surface area contributed by atoms with E-state index in [0.29, 0.717) is 30.7 Å². The summed E-state index contributed by atoms with van der Waals surface area (Å²) in [5, 5.41) is 12.8. The maximum Gasteiger partial charge on any atom is 0.332 e. The summed E-state index contributed by atoms with van der Waals surface area (Å²) in [5.74, 6) is -0.351. The van der Waals surface area contributed by atoms with Gasteiger partial charge in [-0.3, -0.25) is 13.9 Å². The Morgan fingerprint density at radius 1 is 1.17 bits per heavy atom. The third-order valence-electron chi connectivity index (χ3n) is 5.54. The number of amidine groups is 1. The number of halogens is 3. The van der Waals surface area contributed by atoms with Crippen LogP contribution >= 0.6 is 23.2 Å². The summed E-state index contributed by atoms with van der Waals surface area (Å²) in [5.41, 5.74) is 0.757. The van der Waals surface area contributed by atoms with E-state index < -0.39 is 17.1 Å². The van der Waals surface area contributed by atoms with Gasteiger partial charge >= 0.3 is 5.69 Å². The molecule has 1 aromatic carbocycles. The molecule has 188 valence electrons. The lowest BCUT2D eigenvalue weighted by molar-refractivity contribution is 0.317. The standard InChI is InChI=1S/C23H27Cl2FN6O3/c1-3-4-5-10-31-20-19(28-22(25)29-20)21(33)32(23(31)34)11-6-7-14(2)27-18(30-35)12-15-8-9-16(26)13-17(15)24/h8-9,13,35H,3-7,10-12H2,1-2H3,(H,28,29)/b27-14?,30-18-. The van der Waals surface area contributed by atoms with E-state index in [1.54, 1.807) is 6.92 Å². The Hall–Kier alpha value is -2.98. The van der Waals surface area contributed by atoms with E-state index in [1.165, 1.54) is 27.3 Å². The second-order valence-electron chi connectivity index (χ2n) is 8.20. The molecule has 3 rings (SSSR count). The van der Waals surface area contributed by atoms with Crippen molar-refractivity contribution in [2.24, 2.45) is 10.1 Å². The first kappa shape index (κ1) is 26.6. The molecular weight excluding hydrogens is 498 g/mol. The summed E-state index contributed by atoms with van der Waals surface area (Å²) in [4.78, 5) is 37.2. The van der Waals surface area contributed by atoms with Gasteiger partial charge in [0, 0.05) is 30.2 Å². The first-order valence-electron chi connectivity index (χ1n) is 11.3. The van der Waals surface area contributed by atoms with Crippen molar-refractivity contribution in [2.75, 3.05) is 0 Å². The van der Waals surface area contributed by atoms with E-state index >= 15 is 0 Å². The predicted molar refractivity (Wildman–Crippen MR) is 136 cm³/mol. The topological polar surface area (TPSA) is 118 Å². The Morgan fingerprint density at radius 2 is 1.91 bits per heavy atom. The number of hydrogen-bond donors (Lipinski definition) is 2. The van der Waals surface area contributed by atoms with Crippen molar-refractivity contribution in [3.8, 4) is 0 Å². The highest BCUT2D eigenvalue weighted by Gasteiger charge is 2.17. The number of nitrogens with zero attached hydrogens (tertiary/aromatic N) is 5. The minimum Gasteiger partial charge on any atom is -0.409 e. The largest absolute Gasteiger partial charge is 0.409 e. The van der Waals surface area contributed by atoms with E-state index in [1.807, 2.05) is 0 Å². The SMILES string of the molecule is CCCCCn1c(=O)n(CCCC(C)=N/C(Cc2ccc(F)cc2Cl)=N\O)c(=O)c2[nH]c(Cl)nc21. The van der Waals surface area contributed by atoms with Crippen molar-refractivity contribution in [1.29, 1.82) is 0 Å². The van der Waals surface area contributed by atoms with Crippen molar-refractivity contribution >= 4 is 45.9 Å². The molecule has 0 saturated carbocycles. The van der Waals surface area contributed by atoms with Gasteiger partial charge in [-0.15, -0.1) is 0 Å². The Morgan fingerprint density at radius 3 is 2.60 bits per heavy atom. The molecule has 2 heterocycles. The summed E-state index contributed by atoms with van der Waals surface area (Å²) in [6.07, 6.45) is 3.72. The molecule has 0 aliphatic carbocycles. The number of oxime groups is 1. The number of aromatic amines is 1. The third-order valence-corrected chi connectivity index (χ3v) is 6.07. The number of unbranched alkanes of at least 4 members (excludes halogenated alkanes) is 2. The fourth-order valence-corrected chi connectivity index (χ4v) is 4.17. The lowest BCUT2D eigenvalue weighted by Gasteiger charge is -2.11. The summed E-state index contributed by atoms with van der Waals surface area (Å²) in [6.45, 7) is 4.42. The highest BCUT2D eigenvalue weighted by molar-refractivity contribution is 6.31. The number of imidazole rings is 1. The Kier molecular flexibility index (Phi) is 9.22. The quantitative estimate of drug-likeness (QED) is 0.0988. The van der Waals surface area contributed by atoms with Crippen molar-refractivity contribution in [3.05, 3.63) is 60.7 Å². The number of H-pyrrole nitrogens is 1. The Bertz CT molecular complexity index is 1380. The molecule has 9 nitrogen and oxygen atoms in total. The maximum absolute atomic E-state index is 13.3. The summed E-state index contributed by atoms with van der Waals surface area (Å²) >= 11 is 12.0. The molecule has 0 amide bonds. The lowest BCUT2D eigenvalue weighted by atomic mass is 10.1. The van der Waals surface area contributed by atoms with Crippen LogP contribution in [-0.2, 0) is 19.5 Å². The summed E-state index contributed by atoms with van der Waals surface area (Å²) in [7, 11) is 0. The van der Waals surface area contributed by atoms with E-state index in [0.717, 1.165) is 19.3 Å². The molecule has 0 bridgehead atoms. The van der Waals surface area contributed by atoms with Crippen molar-refractivity contribution in [3.63, 3.8) is 0 Å². The van der Waals surface area contributed by atoms with Crippen LogP contribution < -0.4 is 11.2 Å². The molecule has 0 aliphatic heterocycles. The van der Waals surface area contributed by atoms with Gasteiger partial charge in [0.2, 0.25) is 5.28 Å². The van der Waals surface area contributed by atoms with Crippen LogP contribution in [0.5, 0.6) is 0 Å². The van der Waals surface area contributed by atoms with Crippen molar-refractivity contribution in [1.82, 2.24) is 19.1 Å². The zero-order valence-electron chi connectivity index (χ0n) is 19.5. The van der Waals surface area contributed by atoms with E-state index in [2.05, 4.69) is 27.0 Å². The first-order valence-corrected chi connectivity index (χ1v) is 12.1. The van der Waals surface area contributed by atoms with Crippen LogP contribution in [0.2, 0.25) is 10.3 Å². The molecule has 0 saturated heterocycles. The number of fused-ring (bicyclic) bond motifs is 1. The molecule has 0 fully saturated rings. The third kappa shape index (κ3) is 6.58. The van der Waals surface area contributed by atoms with Crippen LogP contribution in [0.25, 0.3) is 11.2 Å². The van der Waals surface area contributed by atoms with Crippen LogP contribution in [0.1, 0.15) is 51.5 Å². The zero-order chi connectivity index (χ0) is 25.5. The molecule has 0 atom stereocenters. The molecule has 0 aliphatic rings. The summed E-state index contributed by atoms with van der Waals surface area (Å²) < 4.78 is 15.9. The van der Waals surface area contributed by atoms with Crippen molar-refractivity contribution in [2.45, 2.75) is 65.5 Å². The van der Waals surface area contributed by atoms with Gasteiger partial charge in [-0.25, -0.2) is 14.2 Å². The molecule has 12 heteroatoms. The second-order valence-corrected chi connectivity index (χ2v) is 8.97. The average Bonchev–Trinajstić information content (AvgIpc) is 3.21. The molecule has 35 heavy (non-hydrogen) atoms. The number of hydrogen-bond acceptors (Lipinski definition) is 5. The molecule has 0 radical (unpaired) electrons. The number of rotatable bonds is 10. The number of benzene rings is 1. The van der Waals surface area contributed by atoms with Crippen LogP contribution in [0.3, 0.4) is 0 Å². The maximum atomic E-state index is 13.3. The minimum atomic E-state index is -0.478. The molecule has 0 unspecified atom stereocenters. The molecule has 3 aromatic rings. The monoisotopic (exact) mass is 524 g/mol. The highest BCUT2D eigenvalue weighted by Crippen LogP contribution is 2.18. The van der Waals surface area contributed by atoms with E-state index in [9.17, 15) is 19.2 Å². The number of aryl methyl sites for hydroxylation is 1. The van der Waals surface area contributed by atoms with Gasteiger partial charge < -0.3 is 10.2 Å². The van der Waals surface area contributed by atoms with Crippen LogP contribution in [0, 0.1) is 5.82 Å². The highest BCUT2D eigenvalue weighted by atomic mass is 35.5. The van der Waals surface area contributed by atoms with Gasteiger partial charge in [-0.05, 0) is 55.5 Å². The lowest BCUT2D eigenvalue weighted by Crippen LogP contribution is -2.40.